The quantitative estimate of drug-likeness (QED) is 0.0951. The first-order chi connectivity index (χ1) is 21.2. The molecule has 0 saturated heterocycles. The largest absolute Gasteiger partial charge is 0.508 e. The summed E-state index contributed by atoms with van der Waals surface area (Å²) in [4.78, 5) is 12.7. The van der Waals surface area contributed by atoms with Gasteiger partial charge in [0.1, 0.15) is 5.60 Å². The molecule has 0 bridgehead atoms. The molecule has 0 radical (unpaired) electrons. The van der Waals surface area contributed by atoms with Crippen molar-refractivity contribution in [1.82, 2.24) is 0 Å². The van der Waals surface area contributed by atoms with E-state index in [4.69, 9.17) is 23.4 Å². The van der Waals surface area contributed by atoms with Crippen molar-refractivity contribution in [1.29, 1.82) is 0 Å². The molecule has 0 aromatic carbocycles. The second-order valence-electron chi connectivity index (χ2n) is 17.9. The fourth-order valence-corrected chi connectivity index (χ4v) is 11.4. The minimum Gasteiger partial charge on any atom is -0.438 e. The van der Waals surface area contributed by atoms with Gasteiger partial charge in [-0.25, -0.2) is 4.79 Å². The number of hydrogen-bond donors (Lipinski definition) is 0. The van der Waals surface area contributed by atoms with Gasteiger partial charge in [0.05, 0.1) is 12.7 Å². The highest BCUT2D eigenvalue weighted by Gasteiger charge is 2.62. The van der Waals surface area contributed by atoms with Crippen LogP contribution in [-0.2, 0) is 23.4 Å². The highest BCUT2D eigenvalue weighted by molar-refractivity contribution is 6.74. The highest BCUT2D eigenvalue weighted by Crippen LogP contribution is 2.68. The molecule has 0 N–H and O–H groups in total. The second-order valence-corrected chi connectivity index (χ2v) is 22.7. The van der Waals surface area contributed by atoms with Crippen molar-refractivity contribution in [2.24, 2.45) is 34.5 Å². The number of hydrogen-bond acceptors (Lipinski definition) is 6. The molecule has 4 rings (SSSR count). The third-order valence-electron chi connectivity index (χ3n) is 13.4. The minimum absolute atomic E-state index is 0.0914. The molecule has 7 heteroatoms. The molecule has 3 fully saturated rings. The Bertz CT molecular complexity index is 1140. The zero-order valence-corrected chi connectivity index (χ0v) is 32.7. The van der Waals surface area contributed by atoms with Crippen LogP contribution >= 0.6 is 0 Å². The van der Waals surface area contributed by atoms with Crippen molar-refractivity contribution < 1.29 is 28.2 Å². The maximum atomic E-state index is 12.7. The molecule has 3 saturated carbocycles. The second kappa shape index (κ2) is 13.6. The summed E-state index contributed by atoms with van der Waals surface area (Å²) < 4.78 is 30.0. The molecule has 0 spiro atoms. The van der Waals surface area contributed by atoms with Crippen LogP contribution in [0.1, 0.15) is 127 Å². The van der Waals surface area contributed by atoms with E-state index < -0.39 is 25.7 Å². The Hall–Kier alpha value is -1.15. The molecule has 6 nitrogen and oxygen atoms in total. The molecule has 0 amide bonds. The van der Waals surface area contributed by atoms with Gasteiger partial charge in [0.15, 0.2) is 14.6 Å². The first-order valence-corrected chi connectivity index (χ1v) is 21.2. The van der Waals surface area contributed by atoms with Crippen LogP contribution in [0.15, 0.2) is 23.8 Å². The summed E-state index contributed by atoms with van der Waals surface area (Å²) in [6, 6.07) is 0. The van der Waals surface area contributed by atoms with E-state index in [2.05, 4.69) is 86.7 Å². The fraction of sp³-hybridized carbons (Fsp3) is 0.872. The summed E-state index contributed by atoms with van der Waals surface area (Å²) in [7, 11) is -0.393. The lowest BCUT2D eigenvalue weighted by atomic mass is 9.46. The zero-order valence-electron chi connectivity index (χ0n) is 31.7. The summed E-state index contributed by atoms with van der Waals surface area (Å²) in [6.45, 7) is 27.7. The van der Waals surface area contributed by atoms with Crippen molar-refractivity contribution in [3.05, 3.63) is 23.8 Å². The SMILES string of the molecule is CCOC(C)OC(C)(C)C/C=C\[C@](C)(OC(=O)OC)[C@H]1CC[C@H]2[C@@H]3CC=C4CC(O[Si](C)(C)C(C)(C)C)CC[C@]4(C)[C@H]3CC[C@@]21C. The highest BCUT2D eigenvalue weighted by atomic mass is 28.4. The fourth-order valence-electron chi connectivity index (χ4n) is 10.0. The van der Waals surface area contributed by atoms with Gasteiger partial charge in [-0.15, -0.1) is 0 Å². The maximum Gasteiger partial charge on any atom is 0.508 e. The molecule has 0 aromatic rings. The minimum atomic E-state index is -1.80. The molecule has 0 aliphatic heterocycles. The Labute approximate surface area is 282 Å². The standard InChI is InChI=1S/C39H68O6Si/c1-14-42-27(2)43-36(6,7)22-15-23-39(10,44-34(40)41-11)33-19-18-31-30-17-16-28-26-29(45-46(12,13)35(3,4)5)20-24-37(28,8)32(30)21-25-38(31,33)9/h15-16,23,27,29-33H,14,17-22,24-26H2,1-13H3/b23-15-/t27?,29?,30-,31-,32-,33-,37-,38-,39-/m0/s1. The smallest absolute Gasteiger partial charge is 0.438 e. The predicted octanol–water partition coefficient (Wildman–Crippen LogP) is 10.6. The van der Waals surface area contributed by atoms with Gasteiger partial charge in [0.2, 0.25) is 0 Å². The summed E-state index contributed by atoms with van der Waals surface area (Å²) in [5, 5.41) is 0.236. The first kappa shape index (κ1) is 37.7. The van der Waals surface area contributed by atoms with Crippen molar-refractivity contribution in [2.75, 3.05) is 13.7 Å². The van der Waals surface area contributed by atoms with Gasteiger partial charge in [-0.2, -0.15) is 0 Å². The average molecular weight is 661 g/mol. The van der Waals surface area contributed by atoms with E-state index in [1.807, 2.05) is 13.8 Å². The van der Waals surface area contributed by atoms with E-state index in [-0.39, 0.29) is 28.1 Å². The number of carbonyl (C=O) groups is 1. The third-order valence-corrected chi connectivity index (χ3v) is 18.0. The van der Waals surface area contributed by atoms with Gasteiger partial charge < -0.3 is 23.4 Å². The monoisotopic (exact) mass is 660 g/mol. The molecule has 2 unspecified atom stereocenters. The zero-order chi connectivity index (χ0) is 34.3. The number of rotatable bonds is 11. The Morgan fingerprint density at radius 1 is 1.04 bits per heavy atom. The lowest BCUT2D eigenvalue weighted by Crippen LogP contribution is -2.54. The average Bonchev–Trinajstić information content (AvgIpc) is 3.30. The topological polar surface area (TPSA) is 63.2 Å². The number of ether oxygens (including phenoxy) is 4. The number of allylic oxidation sites excluding steroid dienone is 1. The molecular weight excluding hydrogens is 593 g/mol. The van der Waals surface area contributed by atoms with E-state index in [1.165, 1.54) is 45.6 Å². The van der Waals surface area contributed by atoms with E-state index in [0.717, 1.165) is 12.8 Å². The lowest BCUT2D eigenvalue weighted by Gasteiger charge is -2.59. The molecule has 0 aromatic heterocycles. The van der Waals surface area contributed by atoms with Gasteiger partial charge in [-0.1, -0.05) is 52.3 Å². The molecular formula is C39H68O6Si. The van der Waals surface area contributed by atoms with Gasteiger partial charge in [-0.3, -0.25) is 0 Å². The van der Waals surface area contributed by atoms with Crippen molar-refractivity contribution in [2.45, 2.75) is 169 Å². The van der Waals surface area contributed by atoms with Gasteiger partial charge in [0, 0.05) is 18.6 Å². The Balaban J connectivity index is 1.53. The third kappa shape index (κ3) is 7.53. The van der Waals surface area contributed by atoms with Crippen molar-refractivity contribution >= 4 is 14.5 Å². The van der Waals surface area contributed by atoms with Crippen molar-refractivity contribution in [3.8, 4) is 0 Å². The Morgan fingerprint density at radius 3 is 2.37 bits per heavy atom. The summed E-state index contributed by atoms with van der Waals surface area (Å²) in [5.41, 5.74) is 0.865. The normalized spacial score (nSPS) is 35.4. The summed E-state index contributed by atoms with van der Waals surface area (Å²) >= 11 is 0. The van der Waals surface area contributed by atoms with Gasteiger partial charge >= 0.3 is 6.16 Å². The maximum absolute atomic E-state index is 12.7. The van der Waals surface area contributed by atoms with Gasteiger partial charge in [-0.05, 0) is 145 Å². The summed E-state index contributed by atoms with van der Waals surface area (Å²) in [5.74, 6) is 2.23. The summed E-state index contributed by atoms with van der Waals surface area (Å²) in [6.07, 6.45) is 16.4. The molecule has 46 heavy (non-hydrogen) atoms. The van der Waals surface area contributed by atoms with Crippen LogP contribution in [0.25, 0.3) is 0 Å². The van der Waals surface area contributed by atoms with Gasteiger partial charge in [0.25, 0.3) is 0 Å². The van der Waals surface area contributed by atoms with E-state index in [1.54, 1.807) is 5.57 Å². The van der Waals surface area contributed by atoms with Crippen LogP contribution in [0, 0.1) is 34.5 Å². The number of fused-ring (bicyclic) bond motifs is 5. The van der Waals surface area contributed by atoms with E-state index in [0.29, 0.717) is 36.9 Å². The molecule has 0 heterocycles. The number of carbonyl (C=O) groups excluding carboxylic acids is 1. The van der Waals surface area contributed by atoms with Crippen LogP contribution in [0.2, 0.25) is 18.1 Å². The lowest BCUT2D eigenvalue weighted by molar-refractivity contribution is -0.187. The Kier molecular flexibility index (Phi) is 11.2. The molecule has 9 atom stereocenters. The predicted molar refractivity (Wildman–Crippen MR) is 189 cm³/mol. The van der Waals surface area contributed by atoms with Crippen LogP contribution in [0.5, 0.6) is 0 Å². The van der Waals surface area contributed by atoms with Crippen LogP contribution in [-0.4, -0.2) is 51.8 Å². The van der Waals surface area contributed by atoms with Crippen LogP contribution in [0.3, 0.4) is 0 Å². The number of methoxy groups -OCH3 is 1. The molecule has 4 aliphatic rings. The molecule has 4 aliphatic carbocycles. The Morgan fingerprint density at radius 2 is 1.74 bits per heavy atom. The van der Waals surface area contributed by atoms with Crippen LogP contribution < -0.4 is 0 Å². The molecule has 264 valence electrons. The van der Waals surface area contributed by atoms with E-state index >= 15 is 0 Å². The van der Waals surface area contributed by atoms with Crippen LogP contribution in [0.4, 0.5) is 4.79 Å². The first-order valence-electron chi connectivity index (χ1n) is 18.3. The van der Waals surface area contributed by atoms with E-state index in [9.17, 15) is 4.79 Å². The van der Waals surface area contributed by atoms with Crippen molar-refractivity contribution in [3.63, 3.8) is 0 Å².